The molecule has 1 aliphatic heterocycles. The molecule has 0 saturated carbocycles. The summed E-state index contributed by atoms with van der Waals surface area (Å²) in [5, 5.41) is 0. The van der Waals surface area contributed by atoms with E-state index in [1.807, 2.05) is 0 Å². The van der Waals surface area contributed by atoms with Crippen molar-refractivity contribution in [2.75, 3.05) is 78.9 Å². The van der Waals surface area contributed by atoms with Crippen molar-refractivity contribution in [3.8, 4) is 0 Å². The number of nitrogens with zero attached hydrogens (tertiary/aromatic N) is 2. The molecular weight excluding hydrogens is 652 g/mol. The van der Waals surface area contributed by atoms with Gasteiger partial charge in [0.05, 0.1) is 26.1 Å². The maximum absolute atomic E-state index is 12.5. The van der Waals surface area contributed by atoms with Gasteiger partial charge in [-0.15, -0.1) is 0 Å². The average molecular weight is 739 g/mol. The number of carbonyl (C=O) groups is 2. The predicted octanol–water partition coefficient (Wildman–Crippen LogP) is 10.7. The van der Waals surface area contributed by atoms with Crippen molar-refractivity contribution in [3.05, 3.63) is 0 Å². The van der Waals surface area contributed by atoms with E-state index >= 15 is 0 Å². The van der Waals surface area contributed by atoms with Crippen LogP contribution in [0.1, 0.15) is 194 Å². The second-order valence-corrected chi connectivity index (χ2v) is 15.3. The van der Waals surface area contributed by atoms with Crippen LogP contribution in [0.15, 0.2) is 0 Å². The molecule has 0 atom stereocenters. The number of carbonyl (C=O) groups excluding carboxylic acids is 2. The summed E-state index contributed by atoms with van der Waals surface area (Å²) in [4.78, 5) is 29.7. The summed E-state index contributed by atoms with van der Waals surface area (Å²) in [6.45, 7) is 13.9. The topological polar surface area (TPSA) is 77.5 Å². The minimum absolute atomic E-state index is 0.157. The second kappa shape index (κ2) is 39.5. The van der Waals surface area contributed by atoms with E-state index < -0.39 is 0 Å². The molecule has 308 valence electrons. The lowest BCUT2D eigenvalue weighted by Gasteiger charge is -2.24. The molecule has 0 N–H and O–H groups in total. The number of rotatable bonds is 41. The van der Waals surface area contributed by atoms with Crippen LogP contribution in [0.3, 0.4) is 0 Å². The van der Waals surface area contributed by atoms with Gasteiger partial charge in [-0.3, -0.25) is 9.59 Å². The summed E-state index contributed by atoms with van der Waals surface area (Å²) >= 11 is 0. The van der Waals surface area contributed by atoms with Crippen LogP contribution in [0, 0.1) is 0 Å². The van der Waals surface area contributed by atoms with Crippen LogP contribution in [0.4, 0.5) is 0 Å². The van der Waals surface area contributed by atoms with Gasteiger partial charge in [0, 0.05) is 52.6 Å². The highest BCUT2D eigenvalue weighted by Gasteiger charge is 2.16. The molecule has 1 fully saturated rings. The standard InChI is InChI=1S/C44H86N2O6/c1-3-5-7-9-11-13-15-17-19-23-37-49-39-25-27-41-51-43(47)29-33-46(36-35-45-31-21-22-32-45)34-30-44(48)52-42-28-26-40-50-38-24-20-18-16-14-12-10-8-6-4-2/h3-42H2,1-2H3. The predicted molar refractivity (Wildman–Crippen MR) is 217 cm³/mol. The Morgan fingerprint density at radius 1 is 0.442 bits per heavy atom. The van der Waals surface area contributed by atoms with Crippen LogP contribution in [-0.4, -0.2) is 101 Å². The molecule has 0 aromatic rings. The molecule has 8 nitrogen and oxygen atoms in total. The normalized spacial score (nSPS) is 13.4. The SMILES string of the molecule is CCCCCCCCCCCCOCCCCOC(=O)CCN(CCC(=O)OCCCCOCCCCCCCCCCCC)CCN1CCCC1. The Bertz CT molecular complexity index is 711. The first-order chi connectivity index (χ1) is 25.7. The van der Waals surface area contributed by atoms with Crippen LogP contribution in [-0.2, 0) is 28.5 Å². The lowest BCUT2D eigenvalue weighted by molar-refractivity contribution is -0.144. The monoisotopic (exact) mass is 739 g/mol. The fourth-order valence-electron chi connectivity index (χ4n) is 6.84. The Hall–Kier alpha value is -1.22. The first kappa shape index (κ1) is 48.8. The van der Waals surface area contributed by atoms with Crippen molar-refractivity contribution in [1.29, 1.82) is 0 Å². The molecular formula is C44H86N2O6. The van der Waals surface area contributed by atoms with E-state index in [2.05, 4.69) is 23.6 Å². The summed E-state index contributed by atoms with van der Waals surface area (Å²) in [5.74, 6) is -0.314. The van der Waals surface area contributed by atoms with Gasteiger partial charge in [0.15, 0.2) is 0 Å². The van der Waals surface area contributed by atoms with Gasteiger partial charge in [0.2, 0.25) is 0 Å². The number of unbranched alkanes of at least 4 members (excludes halogenated alkanes) is 20. The number of esters is 2. The Labute approximate surface area is 322 Å². The smallest absolute Gasteiger partial charge is 0.307 e. The van der Waals surface area contributed by atoms with Crippen LogP contribution in [0.5, 0.6) is 0 Å². The largest absolute Gasteiger partial charge is 0.466 e. The van der Waals surface area contributed by atoms with Gasteiger partial charge in [0.1, 0.15) is 0 Å². The summed E-state index contributed by atoms with van der Waals surface area (Å²) in [6, 6.07) is 0. The Kier molecular flexibility index (Phi) is 37.0. The maximum atomic E-state index is 12.5. The first-order valence-electron chi connectivity index (χ1n) is 22.6. The maximum Gasteiger partial charge on any atom is 0.307 e. The Morgan fingerprint density at radius 2 is 0.769 bits per heavy atom. The minimum atomic E-state index is -0.157. The second-order valence-electron chi connectivity index (χ2n) is 15.3. The lowest BCUT2D eigenvalue weighted by atomic mass is 10.1. The molecule has 52 heavy (non-hydrogen) atoms. The fourth-order valence-corrected chi connectivity index (χ4v) is 6.84. The third-order valence-corrected chi connectivity index (χ3v) is 10.4. The zero-order valence-electron chi connectivity index (χ0n) is 34.6. The van der Waals surface area contributed by atoms with Crippen LogP contribution in [0.2, 0.25) is 0 Å². The van der Waals surface area contributed by atoms with Crippen LogP contribution in [0.25, 0.3) is 0 Å². The summed E-state index contributed by atoms with van der Waals surface area (Å²) in [5.41, 5.74) is 0. The van der Waals surface area contributed by atoms with Crippen LogP contribution < -0.4 is 0 Å². The van der Waals surface area contributed by atoms with Crippen molar-refractivity contribution in [2.24, 2.45) is 0 Å². The molecule has 1 aliphatic rings. The van der Waals surface area contributed by atoms with E-state index in [0.717, 1.165) is 91.1 Å². The third-order valence-electron chi connectivity index (χ3n) is 10.4. The fraction of sp³-hybridized carbons (Fsp3) is 0.955. The number of hydrogen-bond acceptors (Lipinski definition) is 8. The van der Waals surface area contributed by atoms with E-state index in [-0.39, 0.29) is 11.9 Å². The van der Waals surface area contributed by atoms with E-state index in [0.29, 0.717) is 39.1 Å². The molecule has 0 aliphatic carbocycles. The molecule has 0 bridgehead atoms. The van der Waals surface area contributed by atoms with Gasteiger partial charge in [-0.1, -0.05) is 129 Å². The van der Waals surface area contributed by atoms with Crippen molar-refractivity contribution >= 4 is 11.9 Å². The molecule has 0 unspecified atom stereocenters. The van der Waals surface area contributed by atoms with Gasteiger partial charge in [-0.2, -0.15) is 0 Å². The van der Waals surface area contributed by atoms with E-state index in [9.17, 15) is 9.59 Å². The molecule has 0 amide bonds. The zero-order chi connectivity index (χ0) is 37.4. The molecule has 1 rings (SSSR count). The average Bonchev–Trinajstić information content (AvgIpc) is 3.68. The van der Waals surface area contributed by atoms with Crippen LogP contribution >= 0.6 is 0 Å². The molecule has 8 heteroatoms. The van der Waals surface area contributed by atoms with Crippen molar-refractivity contribution in [1.82, 2.24) is 9.80 Å². The summed E-state index contributed by atoms with van der Waals surface area (Å²) < 4.78 is 22.6. The van der Waals surface area contributed by atoms with Crippen molar-refractivity contribution in [2.45, 2.75) is 194 Å². The van der Waals surface area contributed by atoms with E-state index in [1.165, 1.54) is 128 Å². The van der Waals surface area contributed by atoms with Crippen molar-refractivity contribution < 1.29 is 28.5 Å². The van der Waals surface area contributed by atoms with Gasteiger partial charge < -0.3 is 28.7 Å². The molecule has 0 aromatic heterocycles. The number of hydrogen-bond donors (Lipinski definition) is 0. The Balaban J connectivity index is 2.03. The third kappa shape index (κ3) is 34.5. The van der Waals surface area contributed by atoms with Gasteiger partial charge in [0.25, 0.3) is 0 Å². The molecule has 0 aromatic carbocycles. The van der Waals surface area contributed by atoms with Crippen molar-refractivity contribution in [3.63, 3.8) is 0 Å². The Morgan fingerprint density at radius 3 is 1.15 bits per heavy atom. The summed E-state index contributed by atoms with van der Waals surface area (Å²) in [6.07, 6.45) is 33.5. The van der Waals surface area contributed by atoms with Gasteiger partial charge >= 0.3 is 11.9 Å². The zero-order valence-corrected chi connectivity index (χ0v) is 34.6. The van der Waals surface area contributed by atoms with E-state index in [1.54, 1.807) is 0 Å². The van der Waals surface area contributed by atoms with E-state index in [4.69, 9.17) is 18.9 Å². The molecule has 0 radical (unpaired) electrons. The minimum Gasteiger partial charge on any atom is -0.466 e. The molecule has 0 spiro atoms. The highest BCUT2D eigenvalue weighted by Crippen LogP contribution is 2.12. The first-order valence-corrected chi connectivity index (χ1v) is 22.6. The number of ether oxygens (including phenoxy) is 4. The molecule has 1 saturated heterocycles. The van der Waals surface area contributed by atoms with Gasteiger partial charge in [-0.25, -0.2) is 0 Å². The summed E-state index contributed by atoms with van der Waals surface area (Å²) in [7, 11) is 0. The highest BCUT2D eigenvalue weighted by molar-refractivity contribution is 5.70. The highest BCUT2D eigenvalue weighted by atomic mass is 16.5. The lowest BCUT2D eigenvalue weighted by Crippen LogP contribution is -2.36. The quantitative estimate of drug-likeness (QED) is 0.0453. The number of likely N-dealkylation sites (tertiary alicyclic amines) is 1. The van der Waals surface area contributed by atoms with Gasteiger partial charge in [-0.05, 0) is 64.5 Å². The molecule has 1 heterocycles.